The molecule has 0 aliphatic carbocycles. The van der Waals surface area contributed by atoms with E-state index >= 15 is 0 Å². The molecule has 0 saturated carbocycles. The number of rotatable bonds is 6. The highest BCUT2D eigenvalue weighted by molar-refractivity contribution is 8.26. The molecule has 2 aromatic carbocycles. The van der Waals surface area contributed by atoms with Crippen LogP contribution in [0, 0.1) is 25.2 Å². The zero-order valence-electron chi connectivity index (χ0n) is 22.9. The zero-order chi connectivity index (χ0) is 28.4. The summed E-state index contributed by atoms with van der Waals surface area (Å²) in [5, 5.41) is 9.80. The Labute approximate surface area is 244 Å². The lowest BCUT2D eigenvalue weighted by Crippen LogP contribution is -2.48. The first-order valence-electron chi connectivity index (χ1n) is 13.2. The van der Waals surface area contributed by atoms with Crippen LogP contribution in [0.2, 0.25) is 0 Å². The lowest BCUT2D eigenvalue weighted by molar-refractivity contribution is -0.122. The third-order valence-corrected chi connectivity index (χ3v) is 8.88. The molecule has 1 amide bonds. The number of hydrogen-bond donors (Lipinski definition) is 0. The van der Waals surface area contributed by atoms with E-state index in [1.165, 1.54) is 17.3 Å². The number of amides is 1. The van der Waals surface area contributed by atoms with Crippen molar-refractivity contribution in [3.05, 3.63) is 103 Å². The van der Waals surface area contributed by atoms with Gasteiger partial charge < -0.3 is 4.90 Å². The van der Waals surface area contributed by atoms with E-state index in [0.29, 0.717) is 26.9 Å². The summed E-state index contributed by atoms with van der Waals surface area (Å²) >= 11 is 6.85. The van der Waals surface area contributed by atoms with Crippen molar-refractivity contribution in [2.45, 2.75) is 26.9 Å². The van der Waals surface area contributed by atoms with Crippen molar-refractivity contribution in [3.8, 4) is 6.07 Å². The third-order valence-electron chi connectivity index (χ3n) is 7.50. The Morgan fingerprint density at radius 2 is 1.60 bits per heavy atom. The summed E-state index contributed by atoms with van der Waals surface area (Å²) in [4.78, 5) is 33.4. The van der Waals surface area contributed by atoms with Crippen LogP contribution in [-0.2, 0) is 24.9 Å². The van der Waals surface area contributed by atoms with E-state index in [4.69, 9.17) is 12.2 Å². The molecule has 3 heterocycles. The largest absolute Gasteiger partial charge is 0.355 e. The summed E-state index contributed by atoms with van der Waals surface area (Å²) in [6.07, 6.45) is 1.82. The van der Waals surface area contributed by atoms with Gasteiger partial charge in [0, 0.05) is 45.3 Å². The number of pyridine rings is 1. The minimum atomic E-state index is -0.328. The fraction of sp³-hybridized carbons (Fsp3) is 0.290. The molecule has 204 valence electrons. The number of benzene rings is 2. The zero-order valence-corrected chi connectivity index (χ0v) is 24.5. The van der Waals surface area contributed by atoms with Gasteiger partial charge in [-0.15, -0.1) is 0 Å². The van der Waals surface area contributed by atoms with E-state index in [1.54, 1.807) is 23.4 Å². The van der Waals surface area contributed by atoms with Gasteiger partial charge in [-0.3, -0.25) is 24.0 Å². The number of thioether (sulfide) groups is 1. The summed E-state index contributed by atoms with van der Waals surface area (Å²) in [5.74, 6) is 0.561. The highest BCUT2D eigenvalue weighted by Gasteiger charge is 2.33. The van der Waals surface area contributed by atoms with Crippen molar-refractivity contribution in [1.29, 1.82) is 5.26 Å². The molecule has 0 spiro atoms. The van der Waals surface area contributed by atoms with Gasteiger partial charge >= 0.3 is 0 Å². The maximum absolute atomic E-state index is 13.5. The minimum absolute atomic E-state index is 0.0929. The van der Waals surface area contributed by atoms with Crippen LogP contribution in [0.25, 0.3) is 6.08 Å². The first-order chi connectivity index (χ1) is 19.3. The van der Waals surface area contributed by atoms with Crippen LogP contribution in [-0.4, -0.2) is 50.8 Å². The van der Waals surface area contributed by atoms with E-state index in [2.05, 4.69) is 40.1 Å². The lowest BCUT2D eigenvalue weighted by atomic mass is 10.0. The van der Waals surface area contributed by atoms with Crippen LogP contribution in [0.1, 0.15) is 33.4 Å². The van der Waals surface area contributed by atoms with Crippen LogP contribution in [0.5, 0.6) is 0 Å². The van der Waals surface area contributed by atoms with Gasteiger partial charge in [-0.2, -0.15) is 5.26 Å². The number of carbonyl (C=O) groups excluding carboxylic acids is 1. The lowest BCUT2D eigenvalue weighted by Gasteiger charge is -2.37. The molecule has 40 heavy (non-hydrogen) atoms. The molecule has 7 nitrogen and oxygen atoms in total. The molecule has 2 fully saturated rings. The second-order valence-electron chi connectivity index (χ2n) is 10.2. The summed E-state index contributed by atoms with van der Waals surface area (Å²) in [5.41, 5.74) is 4.48. The number of aryl methyl sites for hydroxylation is 1. The number of aromatic nitrogens is 1. The van der Waals surface area contributed by atoms with Gasteiger partial charge in [0.15, 0.2) is 0 Å². The topological polar surface area (TPSA) is 72.6 Å². The van der Waals surface area contributed by atoms with Crippen molar-refractivity contribution >= 4 is 46.1 Å². The molecule has 0 N–H and O–H groups in total. The predicted molar refractivity (Wildman–Crippen MR) is 165 cm³/mol. The van der Waals surface area contributed by atoms with Crippen molar-refractivity contribution in [2.24, 2.45) is 7.05 Å². The Bertz CT molecular complexity index is 1580. The summed E-state index contributed by atoms with van der Waals surface area (Å²) in [6.45, 7) is 8.19. The first kappa shape index (κ1) is 27.8. The second kappa shape index (κ2) is 11.8. The van der Waals surface area contributed by atoms with Gasteiger partial charge in [-0.05, 0) is 36.6 Å². The maximum Gasteiger partial charge on any atom is 0.270 e. The Morgan fingerprint density at radius 1 is 0.950 bits per heavy atom. The van der Waals surface area contributed by atoms with Crippen molar-refractivity contribution in [1.82, 2.24) is 14.4 Å². The molecule has 0 atom stereocenters. The van der Waals surface area contributed by atoms with Crippen LogP contribution in [0.15, 0.2) is 64.3 Å². The van der Waals surface area contributed by atoms with Gasteiger partial charge in [0.2, 0.25) is 0 Å². The summed E-state index contributed by atoms with van der Waals surface area (Å²) in [7, 11) is 1.70. The molecule has 2 aliphatic heterocycles. The molecule has 9 heteroatoms. The molecule has 2 saturated heterocycles. The van der Waals surface area contributed by atoms with Crippen LogP contribution in [0.4, 0.5) is 5.82 Å². The second-order valence-corrected chi connectivity index (χ2v) is 11.9. The number of carbonyl (C=O) groups is 1. The molecule has 2 aliphatic rings. The van der Waals surface area contributed by atoms with E-state index in [0.717, 1.165) is 49.7 Å². The van der Waals surface area contributed by atoms with Crippen molar-refractivity contribution < 1.29 is 4.79 Å². The monoisotopic (exact) mass is 569 g/mol. The highest BCUT2D eigenvalue weighted by Crippen LogP contribution is 2.36. The number of thiocarbonyl (C=S) groups is 1. The van der Waals surface area contributed by atoms with Gasteiger partial charge in [0.05, 0.1) is 11.4 Å². The Kier molecular flexibility index (Phi) is 8.22. The quantitative estimate of drug-likeness (QED) is 0.317. The minimum Gasteiger partial charge on any atom is -0.355 e. The summed E-state index contributed by atoms with van der Waals surface area (Å²) in [6, 6.07) is 20.5. The van der Waals surface area contributed by atoms with Crippen LogP contribution in [0.3, 0.4) is 0 Å². The molecular weight excluding hydrogens is 539 g/mol. The normalized spacial score (nSPS) is 17.1. The average Bonchev–Trinajstić information content (AvgIpc) is 3.22. The van der Waals surface area contributed by atoms with Gasteiger partial charge in [-0.1, -0.05) is 84.1 Å². The van der Waals surface area contributed by atoms with Gasteiger partial charge in [0.1, 0.15) is 21.8 Å². The number of piperazine rings is 1. The van der Waals surface area contributed by atoms with Gasteiger partial charge in [-0.25, -0.2) is 0 Å². The molecule has 0 radical (unpaired) electrons. The van der Waals surface area contributed by atoms with E-state index < -0.39 is 0 Å². The Hall–Kier alpha value is -3.71. The standard InChI is InChI=1S/C31H31N5O2S2/c1-21-9-11-24(12-10-21)20-36-30(38)27(40-31(36)39)17-25-22(2)26(18-32)29(37)33(3)28(25)35-15-13-34(14-16-35)19-23-7-5-4-6-8-23/h4-12,17H,13-16,19-20H2,1-3H3/b27-17-. The third kappa shape index (κ3) is 5.61. The van der Waals surface area contributed by atoms with Crippen molar-refractivity contribution in [2.75, 3.05) is 31.1 Å². The van der Waals surface area contributed by atoms with E-state index in [1.807, 2.05) is 43.3 Å². The van der Waals surface area contributed by atoms with Crippen molar-refractivity contribution in [3.63, 3.8) is 0 Å². The molecule has 3 aromatic rings. The fourth-order valence-corrected chi connectivity index (χ4v) is 6.43. The molecular formula is C31H31N5O2S2. The first-order valence-corrected chi connectivity index (χ1v) is 14.4. The molecule has 0 unspecified atom stereocenters. The number of hydrogen-bond acceptors (Lipinski definition) is 7. The Morgan fingerprint density at radius 3 is 2.25 bits per heavy atom. The van der Waals surface area contributed by atoms with Crippen LogP contribution < -0.4 is 10.5 Å². The SMILES string of the molecule is Cc1ccc(CN2C(=O)/C(=C/c3c(C)c(C#N)c(=O)n(C)c3N3CCN(Cc4ccccc4)CC3)SC2=S)cc1. The molecule has 5 rings (SSSR count). The molecule has 0 bridgehead atoms. The number of nitrogens with zero attached hydrogens (tertiary/aromatic N) is 5. The Balaban J connectivity index is 1.45. The smallest absolute Gasteiger partial charge is 0.270 e. The van der Waals surface area contributed by atoms with Gasteiger partial charge in [0.25, 0.3) is 11.5 Å². The fourth-order valence-electron chi connectivity index (χ4n) is 5.20. The maximum atomic E-state index is 13.5. The number of anilines is 1. The van der Waals surface area contributed by atoms with E-state index in [-0.39, 0.29) is 17.0 Å². The predicted octanol–water partition coefficient (Wildman–Crippen LogP) is 4.60. The molecule has 1 aromatic heterocycles. The number of nitriles is 1. The summed E-state index contributed by atoms with van der Waals surface area (Å²) < 4.78 is 2.05. The van der Waals surface area contributed by atoms with Crippen LogP contribution >= 0.6 is 24.0 Å². The highest BCUT2D eigenvalue weighted by atomic mass is 32.2. The average molecular weight is 570 g/mol. The van der Waals surface area contributed by atoms with E-state index in [9.17, 15) is 14.9 Å².